The lowest BCUT2D eigenvalue weighted by molar-refractivity contribution is -0.135. The van der Waals surface area contributed by atoms with Crippen LogP contribution in [-0.4, -0.2) is 60.8 Å². The van der Waals surface area contributed by atoms with Crippen LogP contribution >= 0.6 is 0 Å². The molecule has 6 heteroatoms. The van der Waals surface area contributed by atoms with E-state index in [9.17, 15) is 14.0 Å². The Morgan fingerprint density at radius 3 is 2.22 bits per heavy atom. The third kappa shape index (κ3) is 5.37. The van der Waals surface area contributed by atoms with Gasteiger partial charge < -0.3 is 9.64 Å². The minimum Gasteiger partial charge on any atom is -0.484 e. The maximum Gasteiger partial charge on any atom is 0.260 e. The van der Waals surface area contributed by atoms with Gasteiger partial charge in [0.15, 0.2) is 12.4 Å². The molecule has 0 saturated carbocycles. The van der Waals surface area contributed by atoms with Gasteiger partial charge in [-0.15, -0.1) is 0 Å². The van der Waals surface area contributed by atoms with Gasteiger partial charge in [0.2, 0.25) is 0 Å². The highest BCUT2D eigenvalue weighted by molar-refractivity contribution is 5.97. The summed E-state index contributed by atoms with van der Waals surface area (Å²) in [6.45, 7) is 4.66. The predicted molar refractivity (Wildman–Crippen MR) is 100 cm³/mol. The van der Waals surface area contributed by atoms with Gasteiger partial charge in [-0.3, -0.25) is 14.5 Å². The SMILES string of the molecule is Cc1ccc(OCC(=O)N2CCN(CC(=O)c3ccc(F)cc3)CC2)cc1. The van der Waals surface area contributed by atoms with E-state index in [1.54, 1.807) is 4.90 Å². The van der Waals surface area contributed by atoms with E-state index in [0.29, 0.717) is 37.5 Å². The number of carbonyl (C=O) groups excluding carboxylic acids is 2. The van der Waals surface area contributed by atoms with Gasteiger partial charge in [-0.1, -0.05) is 17.7 Å². The number of halogens is 1. The van der Waals surface area contributed by atoms with Crippen LogP contribution in [0.15, 0.2) is 48.5 Å². The van der Waals surface area contributed by atoms with Crippen LogP contribution in [0.3, 0.4) is 0 Å². The first kappa shape index (κ1) is 19.0. The minimum absolute atomic E-state index is 0.0115. The zero-order chi connectivity index (χ0) is 19.2. The first-order valence-electron chi connectivity index (χ1n) is 8.99. The fraction of sp³-hybridized carbons (Fsp3) is 0.333. The molecule has 0 radical (unpaired) electrons. The van der Waals surface area contributed by atoms with E-state index in [4.69, 9.17) is 4.74 Å². The largest absolute Gasteiger partial charge is 0.484 e. The summed E-state index contributed by atoms with van der Waals surface area (Å²) in [6.07, 6.45) is 0. The van der Waals surface area contributed by atoms with Gasteiger partial charge in [-0.25, -0.2) is 4.39 Å². The lowest BCUT2D eigenvalue weighted by atomic mass is 10.1. The molecule has 0 spiro atoms. The van der Waals surface area contributed by atoms with E-state index in [1.807, 2.05) is 36.1 Å². The number of hydrogen-bond acceptors (Lipinski definition) is 4. The summed E-state index contributed by atoms with van der Waals surface area (Å²) < 4.78 is 18.5. The van der Waals surface area contributed by atoms with Crippen LogP contribution in [0.5, 0.6) is 5.75 Å². The van der Waals surface area contributed by atoms with Crippen molar-refractivity contribution in [2.45, 2.75) is 6.92 Å². The Balaban J connectivity index is 1.42. The molecule has 0 aliphatic carbocycles. The van der Waals surface area contributed by atoms with Crippen LogP contribution in [0.4, 0.5) is 4.39 Å². The van der Waals surface area contributed by atoms with E-state index >= 15 is 0 Å². The fourth-order valence-corrected chi connectivity index (χ4v) is 2.96. The highest BCUT2D eigenvalue weighted by atomic mass is 19.1. The number of carbonyl (C=O) groups is 2. The fourth-order valence-electron chi connectivity index (χ4n) is 2.96. The van der Waals surface area contributed by atoms with Gasteiger partial charge in [0.05, 0.1) is 6.54 Å². The zero-order valence-corrected chi connectivity index (χ0v) is 15.4. The number of nitrogens with zero attached hydrogens (tertiary/aromatic N) is 2. The molecule has 0 aromatic heterocycles. The van der Waals surface area contributed by atoms with Crippen molar-refractivity contribution in [1.29, 1.82) is 0 Å². The van der Waals surface area contributed by atoms with Gasteiger partial charge in [0.25, 0.3) is 5.91 Å². The van der Waals surface area contributed by atoms with Gasteiger partial charge >= 0.3 is 0 Å². The Kier molecular flexibility index (Phi) is 6.19. The molecule has 0 N–H and O–H groups in total. The summed E-state index contributed by atoms with van der Waals surface area (Å²) in [6, 6.07) is 13.2. The third-order valence-corrected chi connectivity index (χ3v) is 4.64. The second-order valence-corrected chi connectivity index (χ2v) is 6.69. The Morgan fingerprint density at radius 1 is 0.963 bits per heavy atom. The first-order valence-corrected chi connectivity index (χ1v) is 8.99. The highest BCUT2D eigenvalue weighted by Crippen LogP contribution is 2.12. The Hall–Kier alpha value is -2.73. The van der Waals surface area contributed by atoms with Crippen molar-refractivity contribution in [3.8, 4) is 5.75 Å². The van der Waals surface area contributed by atoms with Crippen LogP contribution in [0, 0.1) is 12.7 Å². The molecular weight excluding hydrogens is 347 g/mol. The lowest BCUT2D eigenvalue weighted by Crippen LogP contribution is -2.51. The molecule has 2 aromatic carbocycles. The van der Waals surface area contributed by atoms with E-state index in [2.05, 4.69) is 0 Å². The van der Waals surface area contributed by atoms with Crippen molar-refractivity contribution in [3.63, 3.8) is 0 Å². The van der Waals surface area contributed by atoms with Crippen molar-refractivity contribution < 1.29 is 18.7 Å². The normalized spacial score (nSPS) is 14.8. The average Bonchev–Trinajstić information content (AvgIpc) is 2.68. The van der Waals surface area contributed by atoms with Crippen molar-refractivity contribution in [3.05, 3.63) is 65.5 Å². The molecule has 1 aliphatic heterocycles. The summed E-state index contributed by atoms with van der Waals surface area (Å²) in [5.74, 6) is 0.224. The monoisotopic (exact) mass is 370 g/mol. The average molecular weight is 370 g/mol. The number of piperazine rings is 1. The van der Waals surface area contributed by atoms with Crippen molar-refractivity contribution in [2.24, 2.45) is 0 Å². The molecule has 0 unspecified atom stereocenters. The molecule has 0 atom stereocenters. The summed E-state index contributed by atoms with van der Waals surface area (Å²) in [5, 5.41) is 0. The molecule has 1 saturated heterocycles. The van der Waals surface area contributed by atoms with Crippen LogP contribution < -0.4 is 4.74 Å². The Labute approximate surface area is 158 Å². The van der Waals surface area contributed by atoms with Crippen LogP contribution in [0.1, 0.15) is 15.9 Å². The molecule has 1 amide bonds. The van der Waals surface area contributed by atoms with E-state index in [1.165, 1.54) is 24.3 Å². The highest BCUT2D eigenvalue weighted by Gasteiger charge is 2.23. The van der Waals surface area contributed by atoms with Gasteiger partial charge in [-0.05, 0) is 43.3 Å². The second-order valence-electron chi connectivity index (χ2n) is 6.69. The zero-order valence-electron chi connectivity index (χ0n) is 15.4. The van der Waals surface area contributed by atoms with E-state index in [0.717, 1.165) is 5.56 Å². The third-order valence-electron chi connectivity index (χ3n) is 4.64. The van der Waals surface area contributed by atoms with Crippen molar-refractivity contribution in [2.75, 3.05) is 39.3 Å². The van der Waals surface area contributed by atoms with Gasteiger partial charge in [-0.2, -0.15) is 0 Å². The maximum atomic E-state index is 12.9. The van der Waals surface area contributed by atoms with Crippen molar-refractivity contribution in [1.82, 2.24) is 9.80 Å². The minimum atomic E-state index is -0.355. The smallest absolute Gasteiger partial charge is 0.260 e. The number of hydrogen-bond donors (Lipinski definition) is 0. The molecule has 0 bridgehead atoms. The molecule has 2 aromatic rings. The standard InChI is InChI=1S/C21H23FN2O3/c1-16-2-8-19(9-3-16)27-15-21(26)24-12-10-23(11-13-24)14-20(25)17-4-6-18(22)7-5-17/h2-9H,10-15H2,1H3. The summed E-state index contributed by atoms with van der Waals surface area (Å²) in [7, 11) is 0. The quantitative estimate of drug-likeness (QED) is 0.734. The summed E-state index contributed by atoms with van der Waals surface area (Å²) in [5.41, 5.74) is 1.64. The predicted octanol–water partition coefficient (Wildman–Crippen LogP) is 2.54. The molecule has 5 nitrogen and oxygen atoms in total. The number of ether oxygens (including phenoxy) is 1. The van der Waals surface area contributed by atoms with E-state index in [-0.39, 0.29) is 30.7 Å². The number of benzene rings is 2. The molecular formula is C21H23FN2O3. The van der Waals surface area contributed by atoms with Crippen LogP contribution in [0.2, 0.25) is 0 Å². The summed E-state index contributed by atoms with van der Waals surface area (Å²) in [4.78, 5) is 28.3. The summed E-state index contributed by atoms with van der Waals surface area (Å²) >= 11 is 0. The van der Waals surface area contributed by atoms with Crippen molar-refractivity contribution >= 4 is 11.7 Å². The van der Waals surface area contributed by atoms with Crippen LogP contribution in [-0.2, 0) is 4.79 Å². The number of amides is 1. The Bertz CT molecular complexity index is 782. The second kappa shape index (κ2) is 8.77. The first-order chi connectivity index (χ1) is 13.0. The Morgan fingerprint density at radius 2 is 1.59 bits per heavy atom. The molecule has 1 fully saturated rings. The van der Waals surface area contributed by atoms with Crippen LogP contribution in [0.25, 0.3) is 0 Å². The number of rotatable bonds is 6. The molecule has 1 aliphatic rings. The number of Topliss-reactive ketones (excluding diaryl/α,β-unsaturated/α-hetero) is 1. The van der Waals surface area contributed by atoms with Gasteiger partial charge in [0, 0.05) is 31.7 Å². The lowest BCUT2D eigenvalue weighted by Gasteiger charge is -2.34. The number of ketones is 1. The molecule has 142 valence electrons. The number of aryl methyl sites for hydroxylation is 1. The molecule has 27 heavy (non-hydrogen) atoms. The maximum absolute atomic E-state index is 12.9. The van der Waals surface area contributed by atoms with Gasteiger partial charge in [0.1, 0.15) is 11.6 Å². The van der Waals surface area contributed by atoms with E-state index < -0.39 is 0 Å². The molecule has 3 rings (SSSR count). The molecule has 1 heterocycles. The topological polar surface area (TPSA) is 49.9 Å².